The molecule has 0 atom stereocenters. The molecule has 0 saturated heterocycles. The first-order chi connectivity index (χ1) is 8.81. The van der Waals surface area contributed by atoms with Crippen LogP contribution < -0.4 is 5.43 Å². The van der Waals surface area contributed by atoms with Crippen molar-refractivity contribution >= 4 is 5.65 Å². The lowest BCUT2D eigenvalue weighted by Gasteiger charge is -2.01. The summed E-state index contributed by atoms with van der Waals surface area (Å²) in [5.74, 6) is 0. The number of nitrogens with zero attached hydrogens (tertiary/aromatic N) is 2. The minimum absolute atomic E-state index is 0.139. The molecule has 0 radical (unpaired) electrons. The van der Waals surface area contributed by atoms with E-state index in [0.717, 1.165) is 11.3 Å². The molecule has 4 heteroatoms. The fourth-order valence-electron chi connectivity index (χ4n) is 2.03. The van der Waals surface area contributed by atoms with Gasteiger partial charge in [0.05, 0.1) is 5.69 Å². The van der Waals surface area contributed by atoms with E-state index >= 15 is 0 Å². The number of aromatic amines is 1. The van der Waals surface area contributed by atoms with Crippen molar-refractivity contribution in [1.82, 2.24) is 9.38 Å². The van der Waals surface area contributed by atoms with E-state index in [-0.39, 0.29) is 11.0 Å². The zero-order valence-corrected chi connectivity index (χ0v) is 9.42. The van der Waals surface area contributed by atoms with Gasteiger partial charge in [0.25, 0.3) is 0 Å². The minimum atomic E-state index is -0.265. The second kappa shape index (κ2) is 3.90. The van der Waals surface area contributed by atoms with Gasteiger partial charge in [0, 0.05) is 24.0 Å². The second-order valence-electron chi connectivity index (χ2n) is 3.93. The first-order valence-corrected chi connectivity index (χ1v) is 5.49. The number of benzene rings is 1. The SMILES string of the molecule is N#Cc1c(=O)ccn2c(-c3ccccc3)c[nH]c12. The van der Waals surface area contributed by atoms with Crippen molar-refractivity contribution in [2.24, 2.45) is 0 Å². The number of fused-ring (bicyclic) bond motifs is 1. The Morgan fingerprint density at radius 2 is 1.94 bits per heavy atom. The molecular weight excluding hydrogens is 226 g/mol. The molecule has 3 rings (SSSR count). The summed E-state index contributed by atoms with van der Waals surface area (Å²) in [6.07, 6.45) is 3.47. The van der Waals surface area contributed by atoms with Gasteiger partial charge in [-0.3, -0.25) is 9.20 Å². The number of hydrogen-bond acceptors (Lipinski definition) is 2. The van der Waals surface area contributed by atoms with E-state index in [1.807, 2.05) is 40.8 Å². The van der Waals surface area contributed by atoms with Gasteiger partial charge in [0.1, 0.15) is 17.3 Å². The summed E-state index contributed by atoms with van der Waals surface area (Å²) in [4.78, 5) is 14.5. The highest BCUT2D eigenvalue weighted by molar-refractivity contribution is 5.66. The van der Waals surface area contributed by atoms with E-state index < -0.39 is 0 Å². The molecular formula is C14H9N3O. The van der Waals surface area contributed by atoms with Crippen LogP contribution in [0.1, 0.15) is 5.56 Å². The number of nitrogens with one attached hydrogen (secondary N) is 1. The van der Waals surface area contributed by atoms with Crippen LogP contribution in [-0.2, 0) is 0 Å². The highest BCUT2D eigenvalue weighted by Crippen LogP contribution is 2.20. The molecule has 0 bridgehead atoms. The third-order valence-corrected chi connectivity index (χ3v) is 2.89. The first-order valence-electron chi connectivity index (χ1n) is 5.49. The Labute approximate surface area is 103 Å². The summed E-state index contributed by atoms with van der Waals surface area (Å²) in [6, 6.07) is 13.1. The number of aromatic nitrogens is 2. The Kier molecular flexibility index (Phi) is 2.24. The monoisotopic (exact) mass is 235 g/mol. The van der Waals surface area contributed by atoms with Gasteiger partial charge in [0.2, 0.25) is 5.43 Å². The van der Waals surface area contributed by atoms with Crippen molar-refractivity contribution < 1.29 is 0 Å². The maximum absolute atomic E-state index is 11.6. The lowest BCUT2D eigenvalue weighted by molar-refractivity contribution is 1.17. The second-order valence-corrected chi connectivity index (χ2v) is 3.93. The van der Waals surface area contributed by atoms with E-state index in [0.29, 0.717) is 5.65 Å². The van der Waals surface area contributed by atoms with Gasteiger partial charge in [-0.15, -0.1) is 0 Å². The summed E-state index contributed by atoms with van der Waals surface area (Å²) >= 11 is 0. The molecule has 0 aliphatic carbocycles. The molecule has 86 valence electrons. The van der Waals surface area contributed by atoms with Gasteiger partial charge in [-0.05, 0) is 0 Å². The van der Waals surface area contributed by atoms with Gasteiger partial charge >= 0.3 is 0 Å². The predicted molar refractivity (Wildman–Crippen MR) is 68.2 cm³/mol. The third kappa shape index (κ3) is 1.42. The summed E-state index contributed by atoms with van der Waals surface area (Å²) < 4.78 is 1.81. The molecule has 3 aromatic rings. The van der Waals surface area contributed by atoms with Crippen molar-refractivity contribution in [2.45, 2.75) is 0 Å². The zero-order valence-electron chi connectivity index (χ0n) is 9.42. The Balaban J connectivity index is 2.36. The summed E-state index contributed by atoms with van der Waals surface area (Å²) in [7, 11) is 0. The topological polar surface area (TPSA) is 61.1 Å². The fourth-order valence-corrected chi connectivity index (χ4v) is 2.03. The lowest BCUT2D eigenvalue weighted by Crippen LogP contribution is -2.07. The summed E-state index contributed by atoms with van der Waals surface area (Å²) in [5.41, 5.74) is 2.35. The molecule has 2 heterocycles. The Bertz CT molecular complexity index is 806. The maximum Gasteiger partial charge on any atom is 0.201 e. The zero-order chi connectivity index (χ0) is 12.5. The molecule has 2 aromatic heterocycles. The number of nitriles is 1. The smallest absolute Gasteiger partial charge is 0.201 e. The molecule has 0 amide bonds. The third-order valence-electron chi connectivity index (χ3n) is 2.89. The maximum atomic E-state index is 11.6. The number of rotatable bonds is 1. The predicted octanol–water partition coefficient (Wildman–Crippen LogP) is 2.17. The highest BCUT2D eigenvalue weighted by atomic mass is 16.1. The van der Waals surface area contributed by atoms with E-state index in [2.05, 4.69) is 4.98 Å². The molecule has 0 fully saturated rings. The largest absolute Gasteiger partial charge is 0.344 e. The number of pyridine rings is 1. The van der Waals surface area contributed by atoms with Crippen LogP contribution in [0.2, 0.25) is 0 Å². The normalized spacial score (nSPS) is 10.4. The van der Waals surface area contributed by atoms with Crippen LogP contribution in [-0.4, -0.2) is 9.38 Å². The van der Waals surface area contributed by atoms with Crippen LogP contribution in [0.4, 0.5) is 0 Å². The molecule has 0 spiro atoms. The molecule has 0 saturated carbocycles. The van der Waals surface area contributed by atoms with Crippen LogP contribution in [0.25, 0.3) is 16.9 Å². The Morgan fingerprint density at radius 3 is 2.67 bits per heavy atom. The van der Waals surface area contributed by atoms with Crippen molar-refractivity contribution in [1.29, 1.82) is 5.26 Å². The van der Waals surface area contributed by atoms with E-state index in [4.69, 9.17) is 5.26 Å². The molecule has 18 heavy (non-hydrogen) atoms. The molecule has 0 aliphatic heterocycles. The number of hydrogen-bond donors (Lipinski definition) is 1. The highest BCUT2D eigenvalue weighted by Gasteiger charge is 2.10. The molecule has 4 nitrogen and oxygen atoms in total. The van der Waals surface area contributed by atoms with Crippen LogP contribution in [0.15, 0.2) is 53.6 Å². The average Bonchev–Trinajstić information content (AvgIpc) is 2.83. The standard InChI is InChI=1S/C14H9N3O/c15-8-11-13(18)6-7-17-12(9-16-14(11)17)10-4-2-1-3-5-10/h1-7,9,16H. The van der Waals surface area contributed by atoms with Crippen LogP contribution >= 0.6 is 0 Å². The average molecular weight is 235 g/mol. The van der Waals surface area contributed by atoms with Gasteiger partial charge in [-0.25, -0.2) is 0 Å². The van der Waals surface area contributed by atoms with Crippen LogP contribution in [0.3, 0.4) is 0 Å². The molecule has 1 aromatic carbocycles. The number of imidazole rings is 1. The van der Waals surface area contributed by atoms with Crippen molar-refractivity contribution in [3.8, 4) is 17.3 Å². The van der Waals surface area contributed by atoms with Crippen LogP contribution in [0, 0.1) is 11.3 Å². The van der Waals surface area contributed by atoms with Gasteiger partial charge in [0.15, 0.2) is 0 Å². The quantitative estimate of drug-likeness (QED) is 0.702. The first kappa shape index (κ1) is 10.4. The van der Waals surface area contributed by atoms with Gasteiger partial charge in [-0.1, -0.05) is 30.3 Å². The van der Waals surface area contributed by atoms with Gasteiger partial charge < -0.3 is 4.98 Å². The Hall–Kier alpha value is -2.80. The fraction of sp³-hybridized carbons (Fsp3) is 0. The van der Waals surface area contributed by atoms with Crippen LogP contribution in [0.5, 0.6) is 0 Å². The van der Waals surface area contributed by atoms with E-state index in [9.17, 15) is 4.79 Å². The van der Waals surface area contributed by atoms with Crippen molar-refractivity contribution in [2.75, 3.05) is 0 Å². The number of H-pyrrole nitrogens is 1. The van der Waals surface area contributed by atoms with Crippen molar-refractivity contribution in [3.05, 3.63) is 64.6 Å². The van der Waals surface area contributed by atoms with E-state index in [1.165, 1.54) is 6.07 Å². The van der Waals surface area contributed by atoms with Crippen molar-refractivity contribution in [3.63, 3.8) is 0 Å². The van der Waals surface area contributed by atoms with Gasteiger partial charge in [-0.2, -0.15) is 5.26 Å². The molecule has 0 aliphatic rings. The summed E-state index contributed by atoms with van der Waals surface area (Å²) in [6.45, 7) is 0. The molecule has 1 N–H and O–H groups in total. The Morgan fingerprint density at radius 1 is 1.17 bits per heavy atom. The summed E-state index contributed by atoms with van der Waals surface area (Å²) in [5, 5.41) is 9.01. The van der Waals surface area contributed by atoms with E-state index in [1.54, 1.807) is 12.4 Å². The lowest BCUT2D eigenvalue weighted by atomic mass is 10.2. The minimum Gasteiger partial charge on any atom is -0.344 e. The molecule has 0 unspecified atom stereocenters.